The minimum Gasteiger partial charge on any atom is -0.262 e. The Hall–Kier alpha value is -1.40. The number of sulfonamides is 1. The van der Waals surface area contributed by atoms with Gasteiger partial charge in [0.25, 0.3) is 10.0 Å². The number of hydrogen-bond donors (Lipinski definition) is 1. The number of aromatic nitrogens is 1. The molecule has 4 nitrogen and oxygen atoms in total. The molecular weight excluding hydrogens is 328 g/mol. The van der Waals surface area contributed by atoms with Crippen molar-refractivity contribution in [3.8, 4) is 0 Å². The minimum absolute atomic E-state index is 0.260. The summed E-state index contributed by atoms with van der Waals surface area (Å²) < 4.78 is 27.7. The molecule has 19 heavy (non-hydrogen) atoms. The molecule has 1 N–H and O–H groups in total. The lowest BCUT2D eigenvalue weighted by Gasteiger charge is -2.11. The number of rotatable bonds is 3. The van der Waals surface area contributed by atoms with Crippen molar-refractivity contribution < 1.29 is 8.42 Å². The van der Waals surface area contributed by atoms with Crippen molar-refractivity contribution >= 4 is 31.8 Å². The molecule has 1 heterocycles. The van der Waals surface area contributed by atoms with Crippen LogP contribution in [0.1, 0.15) is 11.1 Å². The van der Waals surface area contributed by atoms with E-state index in [0.717, 1.165) is 5.56 Å². The van der Waals surface area contributed by atoms with E-state index in [1.165, 1.54) is 6.20 Å². The van der Waals surface area contributed by atoms with Crippen LogP contribution in [0.25, 0.3) is 0 Å². The van der Waals surface area contributed by atoms with E-state index in [4.69, 9.17) is 0 Å². The highest BCUT2D eigenvalue weighted by Gasteiger charge is 2.18. The normalized spacial score (nSPS) is 11.3. The topological polar surface area (TPSA) is 59.1 Å². The number of anilines is 1. The summed E-state index contributed by atoms with van der Waals surface area (Å²) in [6, 6.07) is 8.66. The van der Waals surface area contributed by atoms with Gasteiger partial charge in [-0.15, -0.1) is 0 Å². The predicted octanol–water partition coefficient (Wildman–Crippen LogP) is 3.26. The number of nitrogens with zero attached hydrogens (tertiary/aromatic N) is 1. The Bertz CT molecular complexity index is 714. The maximum absolute atomic E-state index is 12.3. The van der Waals surface area contributed by atoms with Gasteiger partial charge in [-0.3, -0.25) is 4.72 Å². The quantitative estimate of drug-likeness (QED) is 0.932. The lowest BCUT2D eigenvalue weighted by molar-refractivity contribution is 0.600. The van der Waals surface area contributed by atoms with Crippen LogP contribution in [0.2, 0.25) is 0 Å². The Morgan fingerprint density at radius 3 is 2.58 bits per heavy atom. The molecule has 0 aliphatic heterocycles. The molecule has 100 valence electrons. The molecule has 1 aromatic carbocycles. The van der Waals surface area contributed by atoms with Gasteiger partial charge in [-0.25, -0.2) is 13.4 Å². The molecule has 0 unspecified atom stereocenters. The lowest BCUT2D eigenvalue weighted by atomic mass is 10.2. The minimum atomic E-state index is -3.63. The van der Waals surface area contributed by atoms with Crippen LogP contribution in [0.3, 0.4) is 0 Å². The third kappa shape index (κ3) is 3.13. The van der Waals surface area contributed by atoms with Crippen LogP contribution in [-0.4, -0.2) is 13.4 Å². The molecule has 0 radical (unpaired) electrons. The van der Waals surface area contributed by atoms with E-state index in [0.29, 0.717) is 10.0 Å². The first-order valence-electron chi connectivity index (χ1n) is 5.61. The van der Waals surface area contributed by atoms with E-state index < -0.39 is 10.0 Å². The number of pyridine rings is 1. The van der Waals surface area contributed by atoms with Gasteiger partial charge >= 0.3 is 0 Å². The Morgan fingerprint density at radius 1 is 1.21 bits per heavy atom. The molecule has 0 saturated heterocycles. The van der Waals surface area contributed by atoms with Crippen molar-refractivity contribution in [2.24, 2.45) is 0 Å². The van der Waals surface area contributed by atoms with Crippen molar-refractivity contribution in [3.05, 3.63) is 52.1 Å². The summed E-state index contributed by atoms with van der Waals surface area (Å²) >= 11 is 3.26. The Kier molecular flexibility index (Phi) is 3.91. The molecule has 0 atom stereocenters. The molecular formula is C13H13BrN2O2S. The van der Waals surface area contributed by atoms with Crippen LogP contribution >= 0.6 is 15.9 Å². The first kappa shape index (κ1) is 14.0. The van der Waals surface area contributed by atoms with Crippen LogP contribution in [0, 0.1) is 13.8 Å². The highest BCUT2D eigenvalue weighted by atomic mass is 79.9. The van der Waals surface area contributed by atoms with E-state index in [-0.39, 0.29) is 10.7 Å². The first-order valence-corrected chi connectivity index (χ1v) is 7.88. The Labute approximate surface area is 121 Å². The number of nitrogens with one attached hydrogen (secondary N) is 1. The van der Waals surface area contributed by atoms with Crippen LogP contribution in [0.15, 0.2) is 45.9 Å². The summed E-state index contributed by atoms with van der Waals surface area (Å²) in [5.41, 5.74) is 1.73. The highest BCUT2D eigenvalue weighted by Crippen LogP contribution is 2.23. The van der Waals surface area contributed by atoms with Crippen molar-refractivity contribution in [2.45, 2.75) is 18.7 Å². The van der Waals surface area contributed by atoms with Gasteiger partial charge in [0.15, 0.2) is 5.82 Å². The van der Waals surface area contributed by atoms with Crippen molar-refractivity contribution in [3.63, 3.8) is 0 Å². The van der Waals surface area contributed by atoms with E-state index in [1.54, 1.807) is 31.2 Å². The van der Waals surface area contributed by atoms with E-state index in [2.05, 4.69) is 25.6 Å². The molecule has 1 aromatic heterocycles. The Balaban J connectivity index is 2.41. The average Bonchev–Trinajstić information content (AvgIpc) is 2.31. The fourth-order valence-electron chi connectivity index (χ4n) is 1.74. The maximum atomic E-state index is 12.3. The second-order valence-corrected chi connectivity index (χ2v) is 6.71. The predicted molar refractivity (Wildman–Crippen MR) is 78.7 cm³/mol. The third-order valence-electron chi connectivity index (χ3n) is 2.61. The van der Waals surface area contributed by atoms with Gasteiger partial charge in [0.1, 0.15) is 0 Å². The van der Waals surface area contributed by atoms with E-state index in [1.807, 2.05) is 13.0 Å². The number of aryl methyl sites for hydroxylation is 2. The second kappa shape index (κ2) is 5.30. The first-order chi connectivity index (χ1) is 8.90. The van der Waals surface area contributed by atoms with E-state index >= 15 is 0 Å². The van der Waals surface area contributed by atoms with Gasteiger partial charge in [-0.1, -0.05) is 17.7 Å². The van der Waals surface area contributed by atoms with E-state index in [9.17, 15) is 8.42 Å². The Morgan fingerprint density at radius 2 is 1.95 bits per heavy atom. The molecule has 0 spiro atoms. The van der Waals surface area contributed by atoms with Crippen LogP contribution < -0.4 is 4.72 Å². The van der Waals surface area contributed by atoms with Crippen molar-refractivity contribution in [1.29, 1.82) is 0 Å². The van der Waals surface area contributed by atoms with Crippen molar-refractivity contribution in [2.75, 3.05) is 4.72 Å². The maximum Gasteiger partial charge on any atom is 0.263 e. The van der Waals surface area contributed by atoms with Gasteiger partial charge in [0, 0.05) is 6.20 Å². The third-order valence-corrected chi connectivity index (χ3v) is 4.75. The largest absolute Gasteiger partial charge is 0.263 e. The second-order valence-electron chi connectivity index (χ2n) is 4.21. The standard InChI is InChI=1S/C13H13BrN2O2S/c1-9-5-6-12(10(2)8-9)19(17,18)16-13-11(14)4-3-7-15-13/h3-8H,1-2H3,(H,15,16). The monoisotopic (exact) mass is 340 g/mol. The SMILES string of the molecule is Cc1ccc(S(=O)(=O)Nc2ncccc2Br)c(C)c1. The van der Waals surface area contributed by atoms with Gasteiger partial charge in [0.2, 0.25) is 0 Å². The number of benzene rings is 1. The van der Waals surface area contributed by atoms with Crippen LogP contribution in [0.4, 0.5) is 5.82 Å². The summed E-state index contributed by atoms with van der Waals surface area (Å²) in [7, 11) is -3.63. The highest BCUT2D eigenvalue weighted by molar-refractivity contribution is 9.10. The number of hydrogen-bond acceptors (Lipinski definition) is 3. The molecule has 2 rings (SSSR count). The fourth-order valence-corrected chi connectivity index (χ4v) is 3.49. The number of halogens is 1. The molecule has 2 aromatic rings. The smallest absolute Gasteiger partial charge is 0.262 e. The van der Waals surface area contributed by atoms with Crippen molar-refractivity contribution in [1.82, 2.24) is 4.98 Å². The summed E-state index contributed by atoms with van der Waals surface area (Å²) in [6.45, 7) is 3.70. The van der Waals surface area contributed by atoms with Gasteiger partial charge in [-0.05, 0) is 53.5 Å². The molecule has 0 bridgehead atoms. The molecule has 0 aliphatic rings. The molecule has 0 fully saturated rings. The molecule has 0 amide bonds. The summed E-state index contributed by atoms with van der Waals surface area (Å²) in [5, 5.41) is 0. The summed E-state index contributed by atoms with van der Waals surface area (Å²) in [5.74, 6) is 0.280. The molecule has 0 saturated carbocycles. The molecule has 0 aliphatic carbocycles. The zero-order chi connectivity index (χ0) is 14.0. The average molecular weight is 341 g/mol. The van der Waals surface area contributed by atoms with Gasteiger partial charge < -0.3 is 0 Å². The fraction of sp³-hybridized carbons (Fsp3) is 0.154. The molecule has 6 heteroatoms. The van der Waals surface area contributed by atoms with Gasteiger partial charge in [0.05, 0.1) is 9.37 Å². The zero-order valence-corrected chi connectivity index (χ0v) is 12.9. The van der Waals surface area contributed by atoms with Gasteiger partial charge in [-0.2, -0.15) is 0 Å². The zero-order valence-electron chi connectivity index (χ0n) is 10.5. The van der Waals surface area contributed by atoms with Crippen LogP contribution in [-0.2, 0) is 10.0 Å². The van der Waals surface area contributed by atoms with Crippen LogP contribution in [0.5, 0.6) is 0 Å². The summed E-state index contributed by atoms with van der Waals surface area (Å²) in [6.07, 6.45) is 1.53. The summed E-state index contributed by atoms with van der Waals surface area (Å²) in [4.78, 5) is 4.26. The lowest BCUT2D eigenvalue weighted by Crippen LogP contribution is -2.15.